The van der Waals surface area contributed by atoms with Crippen molar-refractivity contribution in [2.24, 2.45) is 0 Å². The molecular formula is C34H30FN11. The molecule has 228 valence electrons. The van der Waals surface area contributed by atoms with Crippen molar-refractivity contribution < 1.29 is 4.39 Å². The second-order valence-electron chi connectivity index (χ2n) is 11.8. The number of hydrogen-bond acceptors (Lipinski definition) is 10. The molecule has 11 nitrogen and oxygen atoms in total. The Morgan fingerprint density at radius 1 is 0.891 bits per heavy atom. The van der Waals surface area contributed by atoms with Gasteiger partial charge in [-0.3, -0.25) is 14.5 Å². The number of imidazole rings is 1. The maximum absolute atomic E-state index is 13.6. The lowest BCUT2D eigenvalue weighted by Crippen LogP contribution is -2.59. The Hall–Kier alpha value is -5.80. The van der Waals surface area contributed by atoms with Crippen LogP contribution in [0.3, 0.4) is 0 Å². The van der Waals surface area contributed by atoms with Crippen molar-refractivity contribution in [2.45, 2.75) is 25.9 Å². The van der Waals surface area contributed by atoms with Crippen LogP contribution < -0.4 is 10.6 Å². The summed E-state index contributed by atoms with van der Waals surface area (Å²) in [6, 6.07) is 22.6. The first kappa shape index (κ1) is 28.9. The summed E-state index contributed by atoms with van der Waals surface area (Å²) in [6.45, 7) is 7.60. The topological polar surface area (TPSA) is 139 Å². The van der Waals surface area contributed by atoms with Crippen molar-refractivity contribution in [1.82, 2.24) is 39.4 Å². The van der Waals surface area contributed by atoms with Crippen LogP contribution in [-0.2, 0) is 6.54 Å². The first-order chi connectivity index (χ1) is 22.3. The number of anilines is 2. The first-order valence-electron chi connectivity index (χ1n) is 14.8. The number of benzene rings is 1. The standard InChI is InChI=1S/C34H30FN11/c1-34(2)21-44(30-13-15-38-29(18-36)43-30)16-17-45(34)20-22-5-8-24(9-6-22)46-32(25-4-3-14-39-31(25)37)42-28-12-11-27(41-33(28)46)26-10-7-23(35)19-40-26/h3-15,19H,16-17,20-21H2,1-2H3,(H2,37,39). The van der Waals surface area contributed by atoms with E-state index < -0.39 is 5.82 Å². The van der Waals surface area contributed by atoms with E-state index in [0.717, 1.165) is 43.2 Å². The number of nitrogens with two attached hydrogens (primary N) is 1. The molecule has 0 aliphatic carbocycles. The summed E-state index contributed by atoms with van der Waals surface area (Å²) in [5.41, 5.74) is 11.3. The van der Waals surface area contributed by atoms with Crippen LogP contribution >= 0.6 is 0 Å². The van der Waals surface area contributed by atoms with Gasteiger partial charge in [-0.2, -0.15) is 5.26 Å². The summed E-state index contributed by atoms with van der Waals surface area (Å²) in [6.07, 6.45) is 4.46. The lowest BCUT2D eigenvalue weighted by Gasteiger charge is -2.47. The number of piperazine rings is 1. The number of nitrogen functional groups attached to an aromatic ring is 1. The molecule has 1 saturated heterocycles. The summed E-state index contributed by atoms with van der Waals surface area (Å²) < 4.78 is 15.5. The quantitative estimate of drug-likeness (QED) is 0.273. The van der Waals surface area contributed by atoms with Gasteiger partial charge in [-0.15, -0.1) is 0 Å². The summed E-state index contributed by atoms with van der Waals surface area (Å²) in [5, 5.41) is 9.22. The molecule has 1 aliphatic heterocycles. The molecule has 1 aromatic carbocycles. The molecule has 0 saturated carbocycles. The largest absolute Gasteiger partial charge is 0.383 e. The third-order valence-electron chi connectivity index (χ3n) is 8.28. The van der Waals surface area contributed by atoms with Gasteiger partial charge < -0.3 is 10.6 Å². The van der Waals surface area contributed by atoms with E-state index in [0.29, 0.717) is 39.8 Å². The van der Waals surface area contributed by atoms with Gasteiger partial charge >= 0.3 is 0 Å². The number of pyridine rings is 3. The molecule has 0 unspecified atom stereocenters. The average Bonchev–Trinajstić information content (AvgIpc) is 3.45. The molecule has 6 aromatic rings. The molecule has 46 heavy (non-hydrogen) atoms. The van der Waals surface area contributed by atoms with Crippen LogP contribution in [0.2, 0.25) is 0 Å². The maximum atomic E-state index is 13.6. The lowest BCUT2D eigenvalue weighted by molar-refractivity contribution is 0.0959. The van der Waals surface area contributed by atoms with Gasteiger partial charge in [0, 0.05) is 49.8 Å². The van der Waals surface area contributed by atoms with E-state index in [1.54, 1.807) is 18.5 Å². The van der Waals surface area contributed by atoms with Crippen LogP contribution in [0.1, 0.15) is 25.2 Å². The van der Waals surface area contributed by atoms with Gasteiger partial charge in [0.25, 0.3) is 0 Å². The highest BCUT2D eigenvalue weighted by molar-refractivity contribution is 5.84. The van der Waals surface area contributed by atoms with E-state index >= 15 is 0 Å². The molecule has 0 atom stereocenters. The Labute approximate surface area is 264 Å². The highest BCUT2D eigenvalue weighted by Crippen LogP contribution is 2.32. The fraction of sp³-hybridized carbons (Fsp3) is 0.206. The minimum atomic E-state index is -0.408. The van der Waals surface area contributed by atoms with Crippen molar-refractivity contribution >= 4 is 22.8 Å². The smallest absolute Gasteiger partial charge is 0.234 e. The fourth-order valence-corrected chi connectivity index (χ4v) is 5.89. The number of halogens is 1. The van der Waals surface area contributed by atoms with E-state index in [1.165, 1.54) is 12.3 Å². The molecule has 0 bridgehead atoms. The van der Waals surface area contributed by atoms with Gasteiger partial charge in [0.2, 0.25) is 5.82 Å². The SMILES string of the molecule is CC1(C)CN(c2ccnc(C#N)n2)CCN1Cc1ccc(-n2c(-c3cccnc3N)nc3ccc(-c4ccc(F)cn4)nc32)cc1. The molecule has 7 rings (SSSR count). The molecule has 2 N–H and O–H groups in total. The molecule has 0 amide bonds. The highest BCUT2D eigenvalue weighted by atomic mass is 19.1. The number of aromatic nitrogens is 7. The number of hydrogen-bond donors (Lipinski definition) is 1. The summed E-state index contributed by atoms with van der Waals surface area (Å²) in [4.78, 5) is 31.4. The van der Waals surface area contributed by atoms with Crippen molar-refractivity contribution in [2.75, 3.05) is 30.3 Å². The van der Waals surface area contributed by atoms with E-state index in [4.69, 9.17) is 15.7 Å². The van der Waals surface area contributed by atoms with Crippen molar-refractivity contribution in [3.8, 4) is 34.5 Å². The second kappa shape index (κ2) is 11.6. The summed E-state index contributed by atoms with van der Waals surface area (Å²) in [5.74, 6) is 1.52. The molecule has 1 fully saturated rings. The Kier molecular flexibility index (Phi) is 7.30. The Bertz CT molecular complexity index is 2080. The maximum Gasteiger partial charge on any atom is 0.234 e. The van der Waals surface area contributed by atoms with Crippen molar-refractivity contribution in [1.29, 1.82) is 5.26 Å². The van der Waals surface area contributed by atoms with Crippen LogP contribution in [0.15, 0.2) is 85.3 Å². The van der Waals surface area contributed by atoms with E-state index in [1.807, 2.05) is 41.0 Å². The van der Waals surface area contributed by atoms with E-state index in [2.05, 4.69) is 67.8 Å². The predicted molar refractivity (Wildman–Crippen MR) is 173 cm³/mol. The molecule has 0 radical (unpaired) electrons. The van der Waals surface area contributed by atoms with Gasteiger partial charge in [-0.1, -0.05) is 12.1 Å². The number of nitrogens with zero attached hydrogens (tertiary/aromatic N) is 10. The van der Waals surface area contributed by atoms with Crippen molar-refractivity contribution in [3.63, 3.8) is 0 Å². The van der Waals surface area contributed by atoms with Gasteiger partial charge in [0.15, 0.2) is 11.5 Å². The summed E-state index contributed by atoms with van der Waals surface area (Å²) in [7, 11) is 0. The van der Waals surface area contributed by atoms with Gasteiger partial charge in [0.05, 0.1) is 23.1 Å². The highest BCUT2D eigenvalue weighted by Gasteiger charge is 2.34. The van der Waals surface area contributed by atoms with E-state index in [9.17, 15) is 9.65 Å². The average molecular weight is 612 g/mol. The Balaban J connectivity index is 1.20. The van der Waals surface area contributed by atoms with Gasteiger partial charge in [-0.05, 0) is 74.0 Å². The van der Waals surface area contributed by atoms with Crippen LogP contribution in [0.5, 0.6) is 0 Å². The third-order valence-corrected chi connectivity index (χ3v) is 8.28. The monoisotopic (exact) mass is 611 g/mol. The molecule has 6 heterocycles. The number of fused-ring (bicyclic) bond motifs is 1. The normalized spacial score (nSPS) is 14.8. The molecular weight excluding hydrogens is 581 g/mol. The minimum absolute atomic E-state index is 0.144. The van der Waals surface area contributed by atoms with Crippen molar-refractivity contribution in [3.05, 3.63) is 103 Å². The second-order valence-corrected chi connectivity index (χ2v) is 11.8. The molecule has 1 aliphatic rings. The molecule has 0 spiro atoms. The van der Waals surface area contributed by atoms with Crippen LogP contribution in [-0.4, -0.2) is 64.5 Å². The zero-order valence-corrected chi connectivity index (χ0v) is 25.3. The van der Waals surface area contributed by atoms with Crippen LogP contribution in [0, 0.1) is 17.1 Å². The van der Waals surface area contributed by atoms with Crippen LogP contribution in [0.4, 0.5) is 16.0 Å². The Morgan fingerprint density at radius 3 is 2.46 bits per heavy atom. The minimum Gasteiger partial charge on any atom is -0.383 e. The fourth-order valence-electron chi connectivity index (χ4n) is 5.89. The van der Waals surface area contributed by atoms with Gasteiger partial charge in [-0.25, -0.2) is 29.3 Å². The predicted octanol–water partition coefficient (Wildman–Crippen LogP) is 5.03. The summed E-state index contributed by atoms with van der Waals surface area (Å²) >= 11 is 0. The molecule has 5 aromatic heterocycles. The number of nitriles is 1. The van der Waals surface area contributed by atoms with Gasteiger partial charge in [0.1, 0.15) is 29.0 Å². The zero-order chi connectivity index (χ0) is 31.8. The third kappa shape index (κ3) is 5.48. The number of rotatable bonds is 6. The zero-order valence-electron chi connectivity index (χ0n) is 25.3. The Morgan fingerprint density at radius 2 is 1.72 bits per heavy atom. The lowest BCUT2D eigenvalue weighted by atomic mass is 9.97. The first-order valence-corrected chi connectivity index (χ1v) is 14.8. The van der Waals surface area contributed by atoms with E-state index in [-0.39, 0.29) is 11.4 Å². The van der Waals surface area contributed by atoms with Crippen LogP contribution in [0.25, 0.3) is 39.6 Å². The molecule has 12 heteroatoms.